The third-order valence-corrected chi connectivity index (χ3v) is 2.71. The molecule has 0 spiro atoms. The van der Waals surface area contributed by atoms with Gasteiger partial charge in [-0.2, -0.15) is 0 Å². The normalized spacial score (nSPS) is 10.1. The fourth-order valence-electron chi connectivity index (χ4n) is 1.48. The van der Waals surface area contributed by atoms with Gasteiger partial charge in [-0.05, 0) is 36.8 Å². The Labute approximate surface area is 109 Å². The molecule has 0 saturated heterocycles. The Hall–Kier alpha value is -2.07. The Morgan fingerprint density at radius 2 is 2.11 bits per heavy atom. The number of aromatic carboxylic acids is 1. The summed E-state index contributed by atoms with van der Waals surface area (Å²) in [6, 6.07) is 8.72. The Balaban J connectivity index is 2.23. The Kier molecular flexibility index (Phi) is 3.48. The summed E-state index contributed by atoms with van der Waals surface area (Å²) >= 11 is 6.05. The Morgan fingerprint density at radius 1 is 1.33 bits per heavy atom. The number of halogens is 1. The topological polar surface area (TPSA) is 62.2 Å². The summed E-state index contributed by atoms with van der Waals surface area (Å²) in [5.41, 5.74) is 2.54. The van der Waals surface area contributed by atoms with Crippen LogP contribution >= 0.6 is 11.6 Å². The van der Waals surface area contributed by atoms with Crippen molar-refractivity contribution in [3.63, 3.8) is 0 Å². The number of pyridine rings is 1. The zero-order valence-corrected chi connectivity index (χ0v) is 10.4. The number of aromatic nitrogens is 1. The first kappa shape index (κ1) is 12.4. The molecule has 0 radical (unpaired) electrons. The third-order valence-electron chi connectivity index (χ3n) is 2.38. The number of carboxylic acid groups (broad SMARTS) is 1. The van der Waals surface area contributed by atoms with Gasteiger partial charge in [0.25, 0.3) is 0 Å². The first-order chi connectivity index (χ1) is 8.56. The van der Waals surface area contributed by atoms with Gasteiger partial charge >= 0.3 is 5.97 Å². The van der Waals surface area contributed by atoms with E-state index in [1.165, 1.54) is 12.3 Å². The van der Waals surface area contributed by atoms with Gasteiger partial charge in [0.1, 0.15) is 5.69 Å². The molecule has 1 aromatic carbocycles. The summed E-state index contributed by atoms with van der Waals surface area (Å²) in [5, 5.41) is 12.4. The molecule has 1 aromatic heterocycles. The molecule has 2 rings (SSSR count). The van der Waals surface area contributed by atoms with Crippen molar-refractivity contribution in [1.29, 1.82) is 0 Å². The van der Waals surface area contributed by atoms with Gasteiger partial charge in [-0.1, -0.05) is 17.7 Å². The quantitative estimate of drug-likeness (QED) is 0.889. The van der Waals surface area contributed by atoms with E-state index in [-0.39, 0.29) is 5.69 Å². The van der Waals surface area contributed by atoms with Crippen LogP contribution in [-0.4, -0.2) is 16.1 Å². The molecule has 0 atom stereocenters. The number of carboxylic acids is 1. The lowest BCUT2D eigenvalue weighted by molar-refractivity contribution is 0.0690. The van der Waals surface area contributed by atoms with Crippen LogP contribution in [0.1, 0.15) is 16.1 Å². The molecule has 0 aliphatic rings. The predicted octanol–water partition coefficient (Wildman–Crippen LogP) is 3.49. The van der Waals surface area contributed by atoms with Crippen LogP contribution in [0.25, 0.3) is 0 Å². The zero-order valence-electron chi connectivity index (χ0n) is 9.64. The molecule has 0 amide bonds. The van der Waals surface area contributed by atoms with Crippen LogP contribution in [-0.2, 0) is 0 Å². The maximum Gasteiger partial charge on any atom is 0.354 e. The number of aryl methyl sites for hydroxylation is 1. The van der Waals surface area contributed by atoms with Crippen molar-refractivity contribution in [3.8, 4) is 0 Å². The zero-order chi connectivity index (χ0) is 13.1. The highest BCUT2D eigenvalue weighted by atomic mass is 35.5. The molecule has 18 heavy (non-hydrogen) atoms. The predicted molar refractivity (Wildman–Crippen MR) is 70.7 cm³/mol. The number of hydrogen-bond acceptors (Lipinski definition) is 3. The van der Waals surface area contributed by atoms with Crippen molar-refractivity contribution >= 4 is 28.9 Å². The average Bonchev–Trinajstić information content (AvgIpc) is 2.34. The molecular weight excluding hydrogens is 252 g/mol. The molecule has 0 fully saturated rings. The van der Waals surface area contributed by atoms with Crippen LogP contribution in [0.4, 0.5) is 11.4 Å². The SMILES string of the molecule is Cc1ccc(Cl)c(Nc2ccc(C(=O)O)nc2)c1. The van der Waals surface area contributed by atoms with Gasteiger partial charge in [-0.3, -0.25) is 0 Å². The highest BCUT2D eigenvalue weighted by Crippen LogP contribution is 2.26. The van der Waals surface area contributed by atoms with Gasteiger partial charge in [0.05, 0.1) is 22.6 Å². The average molecular weight is 263 g/mol. The lowest BCUT2D eigenvalue weighted by Crippen LogP contribution is -2.00. The number of rotatable bonds is 3. The first-order valence-electron chi connectivity index (χ1n) is 5.29. The van der Waals surface area contributed by atoms with Crippen molar-refractivity contribution in [2.45, 2.75) is 6.92 Å². The minimum Gasteiger partial charge on any atom is -0.477 e. The lowest BCUT2D eigenvalue weighted by atomic mass is 10.2. The largest absolute Gasteiger partial charge is 0.477 e. The standard InChI is InChI=1S/C13H11ClN2O2/c1-8-2-4-10(14)12(6-8)16-9-3-5-11(13(17)18)15-7-9/h2-7,16H,1H3,(H,17,18). The van der Waals surface area contributed by atoms with E-state index in [1.807, 2.05) is 19.1 Å². The fraction of sp³-hybridized carbons (Fsp3) is 0.0769. The maximum absolute atomic E-state index is 10.7. The summed E-state index contributed by atoms with van der Waals surface area (Å²) in [5.74, 6) is -1.05. The van der Waals surface area contributed by atoms with E-state index in [0.29, 0.717) is 10.7 Å². The van der Waals surface area contributed by atoms with Gasteiger partial charge in [0.2, 0.25) is 0 Å². The maximum atomic E-state index is 10.7. The first-order valence-corrected chi connectivity index (χ1v) is 5.66. The van der Waals surface area contributed by atoms with Crippen molar-refractivity contribution in [2.24, 2.45) is 0 Å². The van der Waals surface area contributed by atoms with Gasteiger partial charge in [0.15, 0.2) is 0 Å². The second-order valence-corrected chi connectivity index (χ2v) is 4.25. The van der Waals surface area contributed by atoms with E-state index in [4.69, 9.17) is 16.7 Å². The highest BCUT2D eigenvalue weighted by Gasteiger charge is 2.05. The number of nitrogens with zero attached hydrogens (tertiary/aromatic N) is 1. The number of anilines is 2. The summed E-state index contributed by atoms with van der Waals surface area (Å²) in [4.78, 5) is 14.5. The van der Waals surface area contributed by atoms with Gasteiger partial charge in [-0.25, -0.2) is 9.78 Å². The number of hydrogen-bond donors (Lipinski definition) is 2. The molecule has 0 aliphatic heterocycles. The fourth-order valence-corrected chi connectivity index (χ4v) is 1.65. The van der Waals surface area contributed by atoms with Crippen molar-refractivity contribution < 1.29 is 9.90 Å². The molecule has 0 bridgehead atoms. The Bertz CT molecular complexity index is 582. The monoisotopic (exact) mass is 262 g/mol. The van der Waals surface area contributed by atoms with Gasteiger partial charge in [-0.15, -0.1) is 0 Å². The number of nitrogens with one attached hydrogen (secondary N) is 1. The van der Waals surface area contributed by atoms with Crippen LogP contribution in [0.5, 0.6) is 0 Å². The summed E-state index contributed by atoms with van der Waals surface area (Å²) in [6.07, 6.45) is 1.46. The molecule has 92 valence electrons. The molecule has 2 N–H and O–H groups in total. The summed E-state index contributed by atoms with van der Waals surface area (Å²) in [6.45, 7) is 1.97. The minimum atomic E-state index is -1.05. The second-order valence-electron chi connectivity index (χ2n) is 3.85. The summed E-state index contributed by atoms with van der Waals surface area (Å²) in [7, 11) is 0. The summed E-state index contributed by atoms with van der Waals surface area (Å²) < 4.78 is 0. The molecular formula is C13H11ClN2O2. The van der Waals surface area contributed by atoms with Crippen LogP contribution in [0, 0.1) is 6.92 Å². The minimum absolute atomic E-state index is 0.0101. The third kappa shape index (κ3) is 2.78. The van der Waals surface area contributed by atoms with Gasteiger partial charge < -0.3 is 10.4 Å². The van der Waals surface area contributed by atoms with E-state index in [1.54, 1.807) is 12.1 Å². The second kappa shape index (κ2) is 5.06. The van der Waals surface area contributed by atoms with Crippen molar-refractivity contribution in [3.05, 3.63) is 52.8 Å². The van der Waals surface area contributed by atoms with Crippen molar-refractivity contribution in [2.75, 3.05) is 5.32 Å². The van der Waals surface area contributed by atoms with Crippen LogP contribution < -0.4 is 5.32 Å². The molecule has 4 nitrogen and oxygen atoms in total. The smallest absolute Gasteiger partial charge is 0.354 e. The molecule has 1 heterocycles. The van der Waals surface area contributed by atoms with E-state index in [9.17, 15) is 4.79 Å². The van der Waals surface area contributed by atoms with Crippen LogP contribution in [0.3, 0.4) is 0 Å². The van der Waals surface area contributed by atoms with Crippen LogP contribution in [0.15, 0.2) is 36.5 Å². The van der Waals surface area contributed by atoms with Crippen molar-refractivity contribution in [1.82, 2.24) is 4.98 Å². The van der Waals surface area contributed by atoms with Crippen LogP contribution in [0.2, 0.25) is 5.02 Å². The number of carbonyl (C=O) groups is 1. The van der Waals surface area contributed by atoms with Gasteiger partial charge in [0, 0.05) is 0 Å². The number of benzene rings is 1. The van der Waals surface area contributed by atoms with E-state index in [2.05, 4.69) is 10.3 Å². The molecule has 2 aromatic rings. The van der Waals surface area contributed by atoms with E-state index in [0.717, 1.165) is 11.3 Å². The molecule has 5 heteroatoms. The van der Waals surface area contributed by atoms with E-state index >= 15 is 0 Å². The molecule has 0 unspecified atom stereocenters. The lowest BCUT2D eigenvalue weighted by Gasteiger charge is -2.09. The van der Waals surface area contributed by atoms with E-state index < -0.39 is 5.97 Å². The highest BCUT2D eigenvalue weighted by molar-refractivity contribution is 6.33. The molecule has 0 aliphatic carbocycles. The molecule has 0 saturated carbocycles. The Morgan fingerprint density at radius 3 is 2.72 bits per heavy atom.